The number of thiophene rings is 1. The Morgan fingerprint density at radius 3 is 2.60 bits per heavy atom. The first-order valence-electron chi connectivity index (χ1n) is 10.1. The largest absolute Gasteiger partial charge is 0.467 e. The molecule has 3 heterocycles. The molecule has 30 heavy (non-hydrogen) atoms. The smallest absolute Gasteiger partial charge is 0.328 e. The van der Waals surface area contributed by atoms with E-state index < -0.39 is 24.0 Å². The molecule has 2 fully saturated rings. The van der Waals surface area contributed by atoms with Gasteiger partial charge >= 0.3 is 5.97 Å². The van der Waals surface area contributed by atoms with E-state index in [0.29, 0.717) is 11.4 Å². The van der Waals surface area contributed by atoms with Crippen LogP contribution in [0.25, 0.3) is 0 Å². The van der Waals surface area contributed by atoms with Crippen LogP contribution >= 0.6 is 11.3 Å². The van der Waals surface area contributed by atoms with Crippen molar-refractivity contribution in [2.24, 2.45) is 5.92 Å². The zero-order chi connectivity index (χ0) is 21.7. The van der Waals surface area contributed by atoms with Crippen LogP contribution in [0.5, 0.6) is 0 Å². The number of carbonyl (C=O) groups excluding carboxylic acids is 4. The van der Waals surface area contributed by atoms with Gasteiger partial charge in [0.2, 0.25) is 11.8 Å². The van der Waals surface area contributed by atoms with Gasteiger partial charge in [0.1, 0.15) is 12.1 Å². The molecular formula is C20H28N4O5S. The molecule has 2 atom stereocenters. The van der Waals surface area contributed by atoms with E-state index in [-0.39, 0.29) is 30.8 Å². The number of piperidine rings is 1. The summed E-state index contributed by atoms with van der Waals surface area (Å²) >= 11 is 1.31. The van der Waals surface area contributed by atoms with Gasteiger partial charge in [-0.2, -0.15) is 0 Å². The average Bonchev–Trinajstić information content (AvgIpc) is 3.32. The monoisotopic (exact) mass is 436 g/mol. The highest BCUT2D eigenvalue weighted by atomic mass is 32.1. The van der Waals surface area contributed by atoms with E-state index >= 15 is 0 Å². The van der Waals surface area contributed by atoms with Gasteiger partial charge in [0, 0.05) is 19.0 Å². The van der Waals surface area contributed by atoms with Crippen LogP contribution in [0, 0.1) is 5.92 Å². The van der Waals surface area contributed by atoms with Crippen molar-refractivity contribution < 1.29 is 23.9 Å². The zero-order valence-electron chi connectivity index (χ0n) is 17.3. The highest BCUT2D eigenvalue weighted by Crippen LogP contribution is 2.21. The van der Waals surface area contributed by atoms with Crippen molar-refractivity contribution in [3.8, 4) is 0 Å². The second-order valence-corrected chi connectivity index (χ2v) is 8.50. The van der Waals surface area contributed by atoms with Gasteiger partial charge in [0.15, 0.2) is 0 Å². The number of amides is 3. The van der Waals surface area contributed by atoms with Gasteiger partial charge in [0.25, 0.3) is 5.91 Å². The van der Waals surface area contributed by atoms with Crippen molar-refractivity contribution in [2.75, 3.05) is 39.8 Å². The topological polar surface area (TPSA) is 108 Å². The van der Waals surface area contributed by atoms with Crippen molar-refractivity contribution >= 4 is 35.0 Å². The Labute approximate surface area is 179 Å². The van der Waals surface area contributed by atoms with E-state index in [0.717, 1.165) is 25.9 Å². The summed E-state index contributed by atoms with van der Waals surface area (Å²) in [6.45, 7) is 3.88. The second-order valence-electron chi connectivity index (χ2n) is 7.55. The predicted molar refractivity (Wildman–Crippen MR) is 111 cm³/mol. The third-order valence-electron chi connectivity index (χ3n) is 5.59. The van der Waals surface area contributed by atoms with E-state index in [1.807, 2.05) is 0 Å². The number of methoxy groups -OCH3 is 1. The van der Waals surface area contributed by atoms with E-state index in [1.54, 1.807) is 22.4 Å². The maximum absolute atomic E-state index is 13.0. The summed E-state index contributed by atoms with van der Waals surface area (Å²) in [5.74, 6) is -1.33. The molecule has 2 aliphatic rings. The summed E-state index contributed by atoms with van der Waals surface area (Å²) in [5.41, 5.74) is 0. The number of esters is 1. The van der Waals surface area contributed by atoms with E-state index in [4.69, 9.17) is 0 Å². The van der Waals surface area contributed by atoms with Crippen molar-refractivity contribution in [3.63, 3.8) is 0 Å². The van der Waals surface area contributed by atoms with Crippen LogP contribution in [0.15, 0.2) is 17.5 Å². The molecule has 2 unspecified atom stereocenters. The van der Waals surface area contributed by atoms with Crippen molar-refractivity contribution in [1.29, 1.82) is 0 Å². The first kappa shape index (κ1) is 22.2. The molecule has 1 aromatic rings. The van der Waals surface area contributed by atoms with Gasteiger partial charge < -0.3 is 25.2 Å². The van der Waals surface area contributed by atoms with E-state index in [9.17, 15) is 19.2 Å². The van der Waals surface area contributed by atoms with Crippen molar-refractivity contribution in [1.82, 2.24) is 20.4 Å². The number of hydrogen-bond acceptors (Lipinski definition) is 7. The lowest BCUT2D eigenvalue weighted by atomic mass is 9.95. The number of rotatable bonds is 5. The summed E-state index contributed by atoms with van der Waals surface area (Å²) in [6, 6.07) is 1.78. The lowest BCUT2D eigenvalue weighted by Gasteiger charge is -2.42. The fraction of sp³-hybridized carbons (Fsp3) is 0.600. The highest BCUT2D eigenvalue weighted by Gasteiger charge is 2.39. The molecule has 1 aromatic heterocycles. The molecule has 0 saturated carbocycles. The van der Waals surface area contributed by atoms with Gasteiger partial charge in [-0.25, -0.2) is 4.79 Å². The molecular weight excluding hydrogens is 408 g/mol. The van der Waals surface area contributed by atoms with Gasteiger partial charge in [0.05, 0.1) is 18.5 Å². The van der Waals surface area contributed by atoms with Crippen LogP contribution in [-0.4, -0.2) is 85.4 Å². The fourth-order valence-corrected chi connectivity index (χ4v) is 4.54. The molecule has 10 heteroatoms. The van der Waals surface area contributed by atoms with Crippen molar-refractivity contribution in [3.05, 3.63) is 22.4 Å². The van der Waals surface area contributed by atoms with Crippen LogP contribution in [0.3, 0.4) is 0 Å². The molecule has 2 aliphatic heterocycles. The van der Waals surface area contributed by atoms with Gasteiger partial charge in [-0.1, -0.05) is 6.07 Å². The normalized spacial score (nSPS) is 21.1. The molecule has 0 aromatic carbocycles. The quantitative estimate of drug-likeness (QED) is 0.633. The number of piperazine rings is 1. The molecule has 0 spiro atoms. The number of nitrogens with one attached hydrogen (secondary N) is 2. The first-order chi connectivity index (χ1) is 14.4. The minimum absolute atomic E-state index is 0.0264. The Hall–Kier alpha value is -2.46. The van der Waals surface area contributed by atoms with Gasteiger partial charge in [-0.3, -0.25) is 14.4 Å². The molecule has 0 radical (unpaired) electrons. The second kappa shape index (κ2) is 10.0. The lowest BCUT2D eigenvalue weighted by molar-refractivity contribution is -0.146. The number of ether oxygens (including phenoxy) is 1. The van der Waals surface area contributed by atoms with Gasteiger partial charge in [-0.05, 0) is 44.3 Å². The Morgan fingerprint density at radius 2 is 1.97 bits per heavy atom. The molecule has 9 nitrogen and oxygen atoms in total. The molecule has 2 saturated heterocycles. The maximum Gasteiger partial charge on any atom is 0.328 e. The molecule has 0 aliphatic carbocycles. The van der Waals surface area contributed by atoms with Crippen LogP contribution in [0.2, 0.25) is 0 Å². The van der Waals surface area contributed by atoms with Crippen LogP contribution < -0.4 is 10.6 Å². The molecule has 164 valence electrons. The third kappa shape index (κ3) is 4.99. The third-order valence-corrected chi connectivity index (χ3v) is 6.45. The summed E-state index contributed by atoms with van der Waals surface area (Å²) in [7, 11) is 1.25. The summed E-state index contributed by atoms with van der Waals surface area (Å²) in [4.78, 5) is 54.4. The Bertz CT molecular complexity index is 778. The van der Waals surface area contributed by atoms with Crippen LogP contribution in [0.4, 0.5) is 0 Å². The highest BCUT2D eigenvalue weighted by molar-refractivity contribution is 7.12. The van der Waals surface area contributed by atoms with Gasteiger partial charge in [-0.15, -0.1) is 11.3 Å². The minimum Gasteiger partial charge on any atom is -0.467 e. The standard InChI is InChI=1S/C20H28N4O5S/c1-13(20(28)29-2)22-17(25)15-12-23(18(26)14-5-7-21-8-6-14)9-10-24(15)19(27)16-4-3-11-30-16/h3-4,11,13-15,21H,5-10,12H2,1-2H3,(H,22,25). The number of carbonyl (C=O) groups is 4. The average molecular weight is 437 g/mol. The maximum atomic E-state index is 13.0. The SMILES string of the molecule is COC(=O)C(C)NC(=O)C1CN(C(=O)C2CCNCC2)CCN1C(=O)c1cccs1. The van der Waals surface area contributed by atoms with Crippen molar-refractivity contribution in [2.45, 2.75) is 31.8 Å². The molecule has 2 N–H and O–H groups in total. The Kier molecular flexibility index (Phi) is 7.43. The summed E-state index contributed by atoms with van der Waals surface area (Å²) in [6.07, 6.45) is 1.53. The van der Waals surface area contributed by atoms with E-state index in [2.05, 4.69) is 15.4 Å². The first-order valence-corrected chi connectivity index (χ1v) is 11.0. The van der Waals surface area contributed by atoms with E-state index in [1.165, 1.54) is 30.3 Å². The van der Waals surface area contributed by atoms with Crippen LogP contribution in [-0.2, 0) is 19.1 Å². The number of hydrogen-bond donors (Lipinski definition) is 2. The molecule has 3 rings (SSSR count). The summed E-state index contributed by atoms with van der Waals surface area (Å²) < 4.78 is 4.67. The minimum atomic E-state index is -0.869. The fourth-order valence-electron chi connectivity index (χ4n) is 3.86. The summed E-state index contributed by atoms with van der Waals surface area (Å²) in [5, 5.41) is 7.67. The Balaban J connectivity index is 1.76. The predicted octanol–water partition coefficient (Wildman–Crippen LogP) is 0.0784. The molecule has 3 amide bonds. The Morgan fingerprint density at radius 1 is 1.23 bits per heavy atom. The lowest BCUT2D eigenvalue weighted by Crippen LogP contribution is -2.63. The van der Waals surface area contributed by atoms with Crippen LogP contribution in [0.1, 0.15) is 29.4 Å². The zero-order valence-corrected chi connectivity index (χ0v) is 18.1. The molecule has 0 bridgehead atoms. The number of nitrogens with zero attached hydrogens (tertiary/aromatic N) is 2.